The van der Waals surface area contributed by atoms with Gasteiger partial charge in [0, 0.05) is 6.54 Å². The minimum absolute atomic E-state index is 0.117. The third-order valence-corrected chi connectivity index (χ3v) is 4.18. The highest BCUT2D eigenvalue weighted by molar-refractivity contribution is 5.83. The van der Waals surface area contributed by atoms with Crippen molar-refractivity contribution in [3.05, 3.63) is 35.6 Å². The van der Waals surface area contributed by atoms with Crippen LogP contribution in [-0.2, 0) is 14.9 Å². The Morgan fingerprint density at radius 2 is 2.00 bits per heavy atom. The molecular formula is C17H26FNO2. The predicted octanol–water partition coefficient (Wildman–Crippen LogP) is 3.41. The van der Waals surface area contributed by atoms with Crippen LogP contribution in [0.2, 0.25) is 0 Å². The minimum Gasteiger partial charge on any atom is -0.465 e. The third-order valence-electron chi connectivity index (χ3n) is 4.18. The molecule has 1 unspecified atom stereocenters. The quantitative estimate of drug-likeness (QED) is 0.748. The normalized spacial score (nSPS) is 14.0. The number of hydrogen-bond acceptors (Lipinski definition) is 3. The molecule has 2 N–H and O–H groups in total. The van der Waals surface area contributed by atoms with Crippen molar-refractivity contribution in [2.75, 3.05) is 13.2 Å². The first-order chi connectivity index (χ1) is 10.0. The molecule has 0 aliphatic carbocycles. The van der Waals surface area contributed by atoms with Gasteiger partial charge >= 0.3 is 5.97 Å². The van der Waals surface area contributed by atoms with E-state index in [4.69, 9.17) is 10.5 Å². The molecule has 0 aliphatic rings. The summed E-state index contributed by atoms with van der Waals surface area (Å²) in [6.45, 7) is 6.35. The van der Waals surface area contributed by atoms with Crippen LogP contribution in [-0.4, -0.2) is 19.1 Å². The van der Waals surface area contributed by atoms with Crippen LogP contribution in [0.4, 0.5) is 4.39 Å². The van der Waals surface area contributed by atoms with Crippen molar-refractivity contribution in [3.8, 4) is 0 Å². The van der Waals surface area contributed by atoms with Crippen LogP contribution in [0.3, 0.4) is 0 Å². The van der Waals surface area contributed by atoms with Crippen molar-refractivity contribution in [1.29, 1.82) is 0 Å². The van der Waals surface area contributed by atoms with Gasteiger partial charge in [0.05, 0.1) is 6.61 Å². The summed E-state index contributed by atoms with van der Waals surface area (Å²) in [5.74, 6) is -0.370. The van der Waals surface area contributed by atoms with Gasteiger partial charge in [0.1, 0.15) is 11.2 Å². The number of hydrogen-bond donors (Lipinski definition) is 1. The molecule has 1 rings (SSSR count). The van der Waals surface area contributed by atoms with Gasteiger partial charge in [-0.25, -0.2) is 4.39 Å². The molecule has 0 radical (unpaired) electrons. The van der Waals surface area contributed by atoms with E-state index in [1.807, 2.05) is 0 Å². The number of carbonyl (C=O) groups is 1. The lowest BCUT2D eigenvalue weighted by Gasteiger charge is -2.33. The predicted molar refractivity (Wildman–Crippen MR) is 82.5 cm³/mol. The topological polar surface area (TPSA) is 52.3 Å². The van der Waals surface area contributed by atoms with Crippen molar-refractivity contribution in [3.63, 3.8) is 0 Å². The Kier molecular flexibility index (Phi) is 6.82. The average molecular weight is 295 g/mol. The summed E-state index contributed by atoms with van der Waals surface area (Å²) in [5.41, 5.74) is 5.60. The minimum atomic E-state index is -0.963. The highest BCUT2D eigenvalue weighted by Gasteiger charge is 2.42. The van der Waals surface area contributed by atoms with Gasteiger partial charge in [-0.1, -0.05) is 38.8 Å². The van der Waals surface area contributed by atoms with E-state index in [1.165, 1.54) is 12.1 Å². The van der Waals surface area contributed by atoms with Crippen molar-refractivity contribution in [1.82, 2.24) is 0 Å². The van der Waals surface area contributed by atoms with Crippen molar-refractivity contribution < 1.29 is 13.9 Å². The van der Waals surface area contributed by atoms with Gasteiger partial charge in [0.15, 0.2) is 0 Å². The molecule has 0 saturated carbocycles. The lowest BCUT2D eigenvalue weighted by Crippen LogP contribution is -2.45. The lowest BCUT2D eigenvalue weighted by atomic mass is 9.72. The summed E-state index contributed by atoms with van der Waals surface area (Å²) in [5, 5.41) is 0. The molecule has 1 aromatic carbocycles. The molecule has 1 aromatic rings. The Hall–Kier alpha value is -1.42. The fourth-order valence-electron chi connectivity index (χ4n) is 2.73. The van der Waals surface area contributed by atoms with Gasteiger partial charge < -0.3 is 10.5 Å². The maximum absolute atomic E-state index is 13.6. The first kappa shape index (κ1) is 17.6. The number of carbonyl (C=O) groups excluding carboxylic acids is 1. The molecule has 0 saturated heterocycles. The number of nitrogens with two attached hydrogens (primary N) is 1. The Morgan fingerprint density at radius 3 is 2.48 bits per heavy atom. The van der Waals surface area contributed by atoms with E-state index in [0.29, 0.717) is 24.5 Å². The largest absolute Gasteiger partial charge is 0.465 e. The Morgan fingerprint density at radius 1 is 1.33 bits per heavy atom. The van der Waals surface area contributed by atoms with Crippen LogP contribution in [0.25, 0.3) is 0 Å². The van der Waals surface area contributed by atoms with E-state index < -0.39 is 5.41 Å². The van der Waals surface area contributed by atoms with Crippen molar-refractivity contribution in [2.24, 2.45) is 11.7 Å². The number of rotatable bonds is 8. The molecule has 0 bridgehead atoms. The van der Waals surface area contributed by atoms with Gasteiger partial charge in [0.25, 0.3) is 0 Å². The van der Waals surface area contributed by atoms with Crippen molar-refractivity contribution in [2.45, 2.75) is 45.4 Å². The lowest BCUT2D eigenvalue weighted by molar-refractivity contribution is -0.150. The number of ether oxygens (including phenoxy) is 1. The van der Waals surface area contributed by atoms with Gasteiger partial charge in [-0.05, 0) is 37.0 Å². The first-order valence-corrected chi connectivity index (χ1v) is 7.67. The number of benzene rings is 1. The molecular weight excluding hydrogens is 269 g/mol. The van der Waals surface area contributed by atoms with E-state index in [2.05, 4.69) is 13.8 Å². The highest BCUT2D eigenvalue weighted by Crippen LogP contribution is 2.34. The smallest absolute Gasteiger partial charge is 0.317 e. The zero-order chi connectivity index (χ0) is 15.9. The molecule has 1 atom stereocenters. The molecule has 21 heavy (non-hydrogen) atoms. The van der Waals surface area contributed by atoms with E-state index in [0.717, 1.165) is 12.8 Å². The molecule has 0 aromatic heterocycles. The van der Waals surface area contributed by atoms with Crippen LogP contribution in [0.1, 0.15) is 45.6 Å². The molecule has 0 fully saturated rings. The maximum atomic E-state index is 13.6. The second-order valence-corrected chi connectivity index (χ2v) is 5.40. The molecule has 0 spiro atoms. The number of esters is 1. The van der Waals surface area contributed by atoms with E-state index >= 15 is 0 Å². The Labute approximate surface area is 126 Å². The van der Waals surface area contributed by atoms with Gasteiger partial charge in [-0.3, -0.25) is 4.79 Å². The van der Waals surface area contributed by atoms with Crippen LogP contribution in [0.5, 0.6) is 0 Å². The van der Waals surface area contributed by atoms with Gasteiger partial charge in [0.2, 0.25) is 0 Å². The Bertz CT molecular complexity index is 460. The summed E-state index contributed by atoms with van der Waals surface area (Å²) < 4.78 is 18.8. The van der Waals surface area contributed by atoms with E-state index in [-0.39, 0.29) is 18.3 Å². The molecule has 118 valence electrons. The SMILES string of the molecule is CCOC(=O)C(CN)(CC(CC)CC)c1cccc(F)c1. The van der Waals surface area contributed by atoms with E-state index in [1.54, 1.807) is 19.1 Å². The first-order valence-electron chi connectivity index (χ1n) is 7.67. The fourth-order valence-corrected chi connectivity index (χ4v) is 2.73. The summed E-state index contributed by atoms with van der Waals surface area (Å²) in [6, 6.07) is 6.13. The fraction of sp³-hybridized carbons (Fsp3) is 0.588. The van der Waals surface area contributed by atoms with Gasteiger partial charge in [-0.15, -0.1) is 0 Å². The third kappa shape index (κ3) is 4.03. The number of halogens is 1. The second kappa shape index (κ2) is 8.13. The summed E-state index contributed by atoms with van der Waals surface area (Å²) >= 11 is 0. The zero-order valence-corrected chi connectivity index (χ0v) is 13.2. The molecule has 0 amide bonds. The van der Waals surface area contributed by atoms with E-state index in [9.17, 15) is 9.18 Å². The van der Waals surface area contributed by atoms with Gasteiger partial charge in [-0.2, -0.15) is 0 Å². The summed E-state index contributed by atoms with van der Waals surface area (Å²) in [7, 11) is 0. The molecule has 4 heteroatoms. The van der Waals surface area contributed by atoms with Crippen LogP contribution in [0, 0.1) is 11.7 Å². The van der Waals surface area contributed by atoms with Crippen LogP contribution < -0.4 is 5.73 Å². The maximum Gasteiger partial charge on any atom is 0.317 e. The standard InChI is InChI=1S/C17H26FNO2/c1-4-13(5-2)11-17(12-19,16(20)21-6-3)14-8-7-9-15(18)10-14/h7-10,13H,4-6,11-12,19H2,1-3H3. The van der Waals surface area contributed by atoms with Crippen LogP contribution in [0.15, 0.2) is 24.3 Å². The molecule has 0 heterocycles. The zero-order valence-electron chi connectivity index (χ0n) is 13.2. The highest BCUT2D eigenvalue weighted by atomic mass is 19.1. The average Bonchev–Trinajstić information content (AvgIpc) is 2.49. The summed E-state index contributed by atoms with van der Waals surface area (Å²) in [4.78, 5) is 12.6. The Balaban J connectivity index is 3.28. The summed E-state index contributed by atoms with van der Waals surface area (Å²) in [6.07, 6.45) is 2.48. The molecule has 0 aliphatic heterocycles. The monoisotopic (exact) mass is 295 g/mol. The van der Waals surface area contributed by atoms with Crippen molar-refractivity contribution >= 4 is 5.97 Å². The second-order valence-electron chi connectivity index (χ2n) is 5.40. The van der Waals surface area contributed by atoms with Crippen LogP contribution >= 0.6 is 0 Å². The molecule has 3 nitrogen and oxygen atoms in total.